The Kier molecular flexibility index (Phi) is 6.44. The topological polar surface area (TPSA) is 35.5 Å². The number of hydrogen-bond acceptors (Lipinski definition) is 3. The van der Waals surface area contributed by atoms with Crippen molar-refractivity contribution in [2.45, 2.75) is 6.92 Å². The standard InChI is InChI=1S/C23H19BrO3/c1-2-26-21-14-13-19(24)16-18(21)12-15-23(25)27-22-11-7-6-10-20(22)17-8-4-3-5-9-17/h3-16H,2H2,1H3/b15-12+. The fourth-order valence-electron chi connectivity index (χ4n) is 2.65. The van der Waals surface area contributed by atoms with Crippen LogP contribution in [0.1, 0.15) is 12.5 Å². The minimum Gasteiger partial charge on any atom is -0.493 e. The summed E-state index contributed by atoms with van der Waals surface area (Å²) in [6, 6.07) is 23.0. The molecule has 0 amide bonds. The Morgan fingerprint density at radius 3 is 2.48 bits per heavy atom. The van der Waals surface area contributed by atoms with E-state index in [0.29, 0.717) is 12.4 Å². The van der Waals surface area contributed by atoms with Crippen LogP contribution in [0, 0.1) is 0 Å². The summed E-state index contributed by atoms with van der Waals surface area (Å²) in [7, 11) is 0. The van der Waals surface area contributed by atoms with Crippen LogP contribution in [0.5, 0.6) is 11.5 Å². The number of esters is 1. The highest BCUT2D eigenvalue weighted by atomic mass is 79.9. The SMILES string of the molecule is CCOc1ccc(Br)cc1/C=C/C(=O)Oc1ccccc1-c1ccccc1. The first-order valence-electron chi connectivity index (χ1n) is 8.64. The van der Waals surface area contributed by atoms with Crippen molar-refractivity contribution in [2.24, 2.45) is 0 Å². The molecule has 0 unspecified atom stereocenters. The van der Waals surface area contributed by atoms with Crippen LogP contribution < -0.4 is 9.47 Å². The number of hydrogen-bond donors (Lipinski definition) is 0. The van der Waals surface area contributed by atoms with Crippen molar-refractivity contribution in [1.29, 1.82) is 0 Å². The largest absolute Gasteiger partial charge is 0.493 e. The number of ether oxygens (including phenoxy) is 2. The number of benzene rings is 3. The second-order valence-electron chi connectivity index (χ2n) is 5.73. The lowest BCUT2D eigenvalue weighted by atomic mass is 10.1. The summed E-state index contributed by atoms with van der Waals surface area (Å²) in [6.45, 7) is 2.47. The second kappa shape index (κ2) is 9.19. The lowest BCUT2D eigenvalue weighted by Gasteiger charge is -2.09. The van der Waals surface area contributed by atoms with Gasteiger partial charge in [0.1, 0.15) is 11.5 Å². The van der Waals surface area contributed by atoms with Gasteiger partial charge in [0.2, 0.25) is 0 Å². The fourth-order valence-corrected chi connectivity index (χ4v) is 3.03. The second-order valence-corrected chi connectivity index (χ2v) is 6.65. The van der Waals surface area contributed by atoms with Gasteiger partial charge < -0.3 is 9.47 Å². The quantitative estimate of drug-likeness (QED) is 0.272. The molecular formula is C23H19BrO3. The number of carbonyl (C=O) groups excluding carboxylic acids is 1. The summed E-state index contributed by atoms with van der Waals surface area (Å²) in [5.41, 5.74) is 2.67. The van der Waals surface area contributed by atoms with Crippen molar-refractivity contribution in [3.05, 3.63) is 88.9 Å². The van der Waals surface area contributed by atoms with E-state index >= 15 is 0 Å². The van der Waals surface area contributed by atoms with Crippen molar-refractivity contribution < 1.29 is 14.3 Å². The molecule has 0 fully saturated rings. The van der Waals surface area contributed by atoms with Crippen molar-refractivity contribution in [2.75, 3.05) is 6.61 Å². The minimum absolute atomic E-state index is 0.444. The van der Waals surface area contributed by atoms with E-state index in [4.69, 9.17) is 9.47 Å². The molecule has 3 nitrogen and oxygen atoms in total. The van der Waals surface area contributed by atoms with Crippen LogP contribution in [0.3, 0.4) is 0 Å². The maximum Gasteiger partial charge on any atom is 0.336 e. The number of para-hydroxylation sites is 1. The molecule has 0 saturated carbocycles. The zero-order valence-corrected chi connectivity index (χ0v) is 16.5. The molecule has 0 aromatic heterocycles. The lowest BCUT2D eigenvalue weighted by Crippen LogP contribution is -2.05. The third-order valence-corrected chi connectivity index (χ3v) is 4.35. The first-order chi connectivity index (χ1) is 13.2. The predicted octanol–water partition coefficient (Wildman–Crippen LogP) is 6.13. The van der Waals surface area contributed by atoms with Gasteiger partial charge in [-0.1, -0.05) is 64.5 Å². The average Bonchev–Trinajstić information content (AvgIpc) is 2.69. The van der Waals surface area contributed by atoms with Crippen molar-refractivity contribution >= 4 is 28.0 Å². The first kappa shape index (κ1) is 18.9. The average molecular weight is 423 g/mol. The van der Waals surface area contributed by atoms with E-state index in [9.17, 15) is 4.79 Å². The highest BCUT2D eigenvalue weighted by molar-refractivity contribution is 9.10. The van der Waals surface area contributed by atoms with Crippen molar-refractivity contribution in [3.63, 3.8) is 0 Å². The number of rotatable bonds is 6. The van der Waals surface area contributed by atoms with Gasteiger partial charge in [0.25, 0.3) is 0 Å². The van der Waals surface area contributed by atoms with Crippen LogP contribution in [0.2, 0.25) is 0 Å². The maximum atomic E-state index is 12.4. The molecule has 0 heterocycles. The Morgan fingerprint density at radius 1 is 0.963 bits per heavy atom. The lowest BCUT2D eigenvalue weighted by molar-refractivity contribution is -0.128. The van der Waals surface area contributed by atoms with Gasteiger partial charge in [0.05, 0.1) is 6.61 Å². The normalized spacial score (nSPS) is 10.7. The van der Waals surface area contributed by atoms with E-state index in [1.807, 2.05) is 73.7 Å². The van der Waals surface area contributed by atoms with E-state index in [2.05, 4.69) is 15.9 Å². The van der Waals surface area contributed by atoms with E-state index < -0.39 is 5.97 Å². The molecule has 3 aromatic rings. The van der Waals surface area contributed by atoms with E-state index in [1.165, 1.54) is 6.08 Å². The molecular weight excluding hydrogens is 404 g/mol. The summed E-state index contributed by atoms with van der Waals surface area (Å²) in [5.74, 6) is 0.799. The summed E-state index contributed by atoms with van der Waals surface area (Å²) in [4.78, 5) is 12.4. The summed E-state index contributed by atoms with van der Waals surface area (Å²) in [5, 5.41) is 0. The number of halogens is 1. The van der Waals surface area contributed by atoms with E-state index in [1.54, 1.807) is 12.1 Å². The molecule has 27 heavy (non-hydrogen) atoms. The van der Waals surface area contributed by atoms with Crippen LogP contribution in [-0.2, 0) is 4.79 Å². The monoisotopic (exact) mass is 422 g/mol. The molecule has 3 aromatic carbocycles. The molecule has 0 bridgehead atoms. The van der Waals surface area contributed by atoms with E-state index in [0.717, 1.165) is 26.9 Å². The molecule has 0 aliphatic carbocycles. The Bertz CT molecular complexity index is 949. The third-order valence-electron chi connectivity index (χ3n) is 3.85. The van der Waals surface area contributed by atoms with Crippen LogP contribution in [0.25, 0.3) is 17.2 Å². The van der Waals surface area contributed by atoms with Crippen molar-refractivity contribution in [1.82, 2.24) is 0 Å². The highest BCUT2D eigenvalue weighted by Gasteiger charge is 2.09. The first-order valence-corrected chi connectivity index (χ1v) is 9.43. The molecule has 0 spiro atoms. The summed E-state index contributed by atoms with van der Waals surface area (Å²) in [6.07, 6.45) is 3.11. The van der Waals surface area contributed by atoms with Gasteiger partial charge in [-0.05, 0) is 42.8 Å². The molecule has 3 rings (SSSR count). The van der Waals surface area contributed by atoms with Crippen molar-refractivity contribution in [3.8, 4) is 22.6 Å². The Hall–Kier alpha value is -2.85. The molecule has 0 atom stereocenters. The van der Waals surface area contributed by atoms with Gasteiger partial charge in [-0.2, -0.15) is 0 Å². The van der Waals surface area contributed by atoms with E-state index in [-0.39, 0.29) is 0 Å². The van der Waals surface area contributed by atoms with Crippen LogP contribution >= 0.6 is 15.9 Å². The molecule has 4 heteroatoms. The molecule has 0 radical (unpaired) electrons. The Labute approximate surface area is 167 Å². The number of carbonyl (C=O) groups is 1. The molecule has 0 aliphatic rings. The van der Waals surface area contributed by atoms with Gasteiger partial charge in [-0.25, -0.2) is 4.79 Å². The van der Waals surface area contributed by atoms with Gasteiger partial charge in [-0.15, -0.1) is 0 Å². The maximum absolute atomic E-state index is 12.4. The molecule has 0 N–H and O–H groups in total. The predicted molar refractivity (Wildman–Crippen MR) is 112 cm³/mol. The molecule has 0 saturated heterocycles. The Morgan fingerprint density at radius 2 is 1.70 bits per heavy atom. The fraction of sp³-hybridized carbons (Fsp3) is 0.0870. The Balaban J connectivity index is 1.80. The molecule has 0 aliphatic heterocycles. The summed E-state index contributed by atoms with van der Waals surface area (Å²) < 4.78 is 12.1. The van der Waals surface area contributed by atoms with Gasteiger partial charge in [0.15, 0.2) is 0 Å². The van der Waals surface area contributed by atoms with Gasteiger partial charge in [-0.3, -0.25) is 0 Å². The van der Waals surface area contributed by atoms with Crippen LogP contribution in [0.4, 0.5) is 0 Å². The minimum atomic E-state index is -0.444. The molecule has 136 valence electrons. The van der Waals surface area contributed by atoms with Crippen LogP contribution in [-0.4, -0.2) is 12.6 Å². The van der Waals surface area contributed by atoms with Gasteiger partial charge >= 0.3 is 5.97 Å². The zero-order valence-electron chi connectivity index (χ0n) is 14.9. The highest BCUT2D eigenvalue weighted by Crippen LogP contribution is 2.30. The smallest absolute Gasteiger partial charge is 0.336 e. The third kappa shape index (κ3) is 5.08. The van der Waals surface area contributed by atoms with Crippen LogP contribution in [0.15, 0.2) is 83.3 Å². The summed E-state index contributed by atoms with van der Waals surface area (Å²) >= 11 is 3.44. The zero-order chi connectivity index (χ0) is 19.1. The van der Waals surface area contributed by atoms with Gasteiger partial charge in [0, 0.05) is 21.7 Å².